The molecule has 1 atom stereocenters. The van der Waals surface area contributed by atoms with Gasteiger partial charge in [-0.15, -0.1) is 22.7 Å². The minimum Gasteiger partial charge on any atom is -0.309 e. The first-order valence-corrected chi connectivity index (χ1v) is 8.58. The van der Waals surface area contributed by atoms with Crippen LogP contribution in [0.3, 0.4) is 0 Å². The summed E-state index contributed by atoms with van der Waals surface area (Å²) in [6.45, 7) is 5.19. The van der Waals surface area contributed by atoms with E-state index in [9.17, 15) is 0 Å². The predicted molar refractivity (Wildman–Crippen MR) is 88.8 cm³/mol. The topological polar surface area (TPSA) is 24.9 Å². The number of thiazole rings is 1. The van der Waals surface area contributed by atoms with Gasteiger partial charge in [-0.2, -0.15) is 0 Å². The summed E-state index contributed by atoms with van der Waals surface area (Å²) in [7, 11) is 0. The number of rotatable bonds is 5. The van der Waals surface area contributed by atoms with E-state index in [0.717, 1.165) is 18.7 Å². The van der Waals surface area contributed by atoms with E-state index in [2.05, 4.69) is 59.9 Å². The number of thiophene rings is 1. The van der Waals surface area contributed by atoms with Gasteiger partial charge in [0.25, 0.3) is 0 Å². The molecule has 2 heterocycles. The van der Waals surface area contributed by atoms with Gasteiger partial charge in [-0.25, -0.2) is 4.98 Å². The Balaban J connectivity index is 1.89. The molecule has 104 valence electrons. The van der Waals surface area contributed by atoms with E-state index < -0.39 is 0 Å². The number of nitrogens with zero attached hydrogens (tertiary/aromatic N) is 1. The quantitative estimate of drug-likeness (QED) is 0.747. The Kier molecular flexibility index (Phi) is 4.15. The normalized spacial score (nSPS) is 12.9. The fourth-order valence-electron chi connectivity index (χ4n) is 2.36. The lowest BCUT2D eigenvalue weighted by molar-refractivity contribution is 0.557. The first-order chi connectivity index (χ1) is 9.76. The number of aryl methyl sites for hydroxylation is 1. The molecule has 0 radical (unpaired) electrons. The number of benzene rings is 1. The van der Waals surface area contributed by atoms with E-state index in [4.69, 9.17) is 0 Å². The van der Waals surface area contributed by atoms with Crippen molar-refractivity contribution in [2.24, 2.45) is 0 Å². The number of likely N-dealkylation sites (N-methyl/N-ethyl adjacent to an activating group) is 1. The van der Waals surface area contributed by atoms with Crippen molar-refractivity contribution < 1.29 is 0 Å². The van der Waals surface area contributed by atoms with Crippen LogP contribution >= 0.6 is 22.7 Å². The molecule has 1 aromatic carbocycles. The van der Waals surface area contributed by atoms with Crippen LogP contribution in [0.25, 0.3) is 10.1 Å². The van der Waals surface area contributed by atoms with E-state index in [1.807, 2.05) is 11.3 Å². The highest BCUT2D eigenvalue weighted by Crippen LogP contribution is 2.31. The summed E-state index contributed by atoms with van der Waals surface area (Å²) in [5.74, 6) is 0. The van der Waals surface area contributed by atoms with Gasteiger partial charge in [0.1, 0.15) is 0 Å². The summed E-state index contributed by atoms with van der Waals surface area (Å²) in [4.78, 5) is 6.00. The van der Waals surface area contributed by atoms with Crippen LogP contribution in [0, 0.1) is 6.92 Å². The van der Waals surface area contributed by atoms with Crippen LogP contribution in [0.1, 0.15) is 28.5 Å². The van der Waals surface area contributed by atoms with Gasteiger partial charge >= 0.3 is 0 Å². The van der Waals surface area contributed by atoms with Gasteiger partial charge in [-0.3, -0.25) is 0 Å². The summed E-state index contributed by atoms with van der Waals surface area (Å²) >= 11 is 3.64. The Morgan fingerprint density at radius 2 is 2.15 bits per heavy atom. The van der Waals surface area contributed by atoms with Crippen LogP contribution < -0.4 is 5.32 Å². The van der Waals surface area contributed by atoms with Gasteiger partial charge in [0.15, 0.2) is 0 Å². The van der Waals surface area contributed by atoms with Crippen molar-refractivity contribution in [1.82, 2.24) is 10.3 Å². The molecule has 0 amide bonds. The molecule has 0 aliphatic rings. The molecule has 2 aromatic heterocycles. The fourth-order valence-corrected chi connectivity index (χ4v) is 4.32. The predicted octanol–water partition coefficient (Wildman–Crippen LogP) is 4.56. The van der Waals surface area contributed by atoms with Crippen LogP contribution in [0.2, 0.25) is 0 Å². The van der Waals surface area contributed by atoms with E-state index in [0.29, 0.717) is 6.04 Å². The standard InChI is InChI=1S/C16H18N2S2/c1-3-17-13(9-16-18-11(2)10-19-16)15-8-12-6-4-5-7-14(12)20-15/h4-8,10,13,17H,3,9H2,1-2H3. The van der Waals surface area contributed by atoms with Crippen molar-refractivity contribution in [3.8, 4) is 0 Å². The zero-order chi connectivity index (χ0) is 13.9. The van der Waals surface area contributed by atoms with Gasteiger partial charge in [0.2, 0.25) is 0 Å². The van der Waals surface area contributed by atoms with Crippen molar-refractivity contribution in [1.29, 1.82) is 0 Å². The molecule has 4 heteroatoms. The highest BCUT2D eigenvalue weighted by atomic mass is 32.1. The Morgan fingerprint density at radius 3 is 2.85 bits per heavy atom. The number of nitrogens with one attached hydrogen (secondary N) is 1. The van der Waals surface area contributed by atoms with Crippen molar-refractivity contribution in [2.75, 3.05) is 6.54 Å². The van der Waals surface area contributed by atoms with E-state index in [1.165, 1.54) is 20.0 Å². The second-order valence-electron chi connectivity index (χ2n) is 4.88. The fraction of sp³-hybridized carbons (Fsp3) is 0.312. The Morgan fingerprint density at radius 1 is 1.30 bits per heavy atom. The maximum atomic E-state index is 4.60. The monoisotopic (exact) mass is 302 g/mol. The number of aromatic nitrogens is 1. The average Bonchev–Trinajstić information content (AvgIpc) is 3.04. The van der Waals surface area contributed by atoms with Crippen LogP contribution in [0.15, 0.2) is 35.7 Å². The van der Waals surface area contributed by atoms with Crippen LogP contribution in [0.5, 0.6) is 0 Å². The Bertz CT molecular complexity index is 666. The van der Waals surface area contributed by atoms with E-state index in [-0.39, 0.29) is 0 Å². The molecule has 3 aromatic rings. The SMILES string of the molecule is CCNC(Cc1nc(C)cs1)c1cc2ccccc2s1. The Hall–Kier alpha value is -1.23. The molecular weight excluding hydrogens is 284 g/mol. The van der Waals surface area contributed by atoms with Crippen molar-refractivity contribution >= 4 is 32.8 Å². The molecule has 2 nitrogen and oxygen atoms in total. The maximum absolute atomic E-state index is 4.60. The lowest BCUT2D eigenvalue weighted by Crippen LogP contribution is -2.22. The van der Waals surface area contributed by atoms with Crippen LogP contribution in [-0.4, -0.2) is 11.5 Å². The first kappa shape index (κ1) is 13.7. The molecule has 0 saturated carbocycles. The van der Waals surface area contributed by atoms with Crippen LogP contribution in [0.4, 0.5) is 0 Å². The molecule has 0 saturated heterocycles. The molecule has 0 bridgehead atoms. The highest BCUT2D eigenvalue weighted by Gasteiger charge is 2.15. The molecule has 0 spiro atoms. The minimum absolute atomic E-state index is 0.364. The molecule has 1 unspecified atom stereocenters. The van der Waals surface area contributed by atoms with Crippen LogP contribution in [-0.2, 0) is 6.42 Å². The largest absolute Gasteiger partial charge is 0.309 e. The number of hydrogen-bond donors (Lipinski definition) is 1. The third kappa shape index (κ3) is 2.92. The third-order valence-corrected chi connectivity index (χ3v) is 5.50. The zero-order valence-corrected chi connectivity index (χ0v) is 13.4. The summed E-state index contributed by atoms with van der Waals surface area (Å²) in [5, 5.41) is 8.28. The van der Waals surface area contributed by atoms with Crippen molar-refractivity contribution in [2.45, 2.75) is 26.3 Å². The number of hydrogen-bond acceptors (Lipinski definition) is 4. The van der Waals surface area contributed by atoms with Gasteiger partial charge in [0, 0.05) is 33.1 Å². The molecule has 0 aliphatic heterocycles. The summed E-state index contributed by atoms with van der Waals surface area (Å²) < 4.78 is 1.36. The molecule has 20 heavy (non-hydrogen) atoms. The molecule has 0 aliphatic carbocycles. The maximum Gasteiger partial charge on any atom is 0.0947 e. The molecule has 3 rings (SSSR count). The molecule has 1 N–H and O–H groups in total. The zero-order valence-electron chi connectivity index (χ0n) is 11.7. The first-order valence-electron chi connectivity index (χ1n) is 6.89. The van der Waals surface area contributed by atoms with Crippen molar-refractivity contribution in [3.05, 3.63) is 51.3 Å². The average molecular weight is 302 g/mol. The van der Waals surface area contributed by atoms with Gasteiger partial charge in [0.05, 0.1) is 5.01 Å². The van der Waals surface area contributed by atoms with Gasteiger partial charge in [-0.05, 0) is 31.0 Å². The highest BCUT2D eigenvalue weighted by molar-refractivity contribution is 7.19. The molecular formula is C16H18N2S2. The van der Waals surface area contributed by atoms with Gasteiger partial charge in [-0.1, -0.05) is 25.1 Å². The van der Waals surface area contributed by atoms with Crippen molar-refractivity contribution in [3.63, 3.8) is 0 Å². The summed E-state index contributed by atoms with van der Waals surface area (Å²) in [5.41, 5.74) is 1.12. The van der Waals surface area contributed by atoms with E-state index >= 15 is 0 Å². The number of fused-ring (bicyclic) bond motifs is 1. The molecule has 0 fully saturated rings. The van der Waals surface area contributed by atoms with E-state index in [1.54, 1.807) is 11.3 Å². The third-order valence-electron chi connectivity index (χ3n) is 3.28. The van der Waals surface area contributed by atoms with Gasteiger partial charge < -0.3 is 5.32 Å². The minimum atomic E-state index is 0.364. The summed E-state index contributed by atoms with van der Waals surface area (Å²) in [6.07, 6.45) is 0.971. The Labute approximate surface area is 127 Å². The smallest absolute Gasteiger partial charge is 0.0947 e. The summed E-state index contributed by atoms with van der Waals surface area (Å²) in [6, 6.07) is 11.3. The second kappa shape index (κ2) is 6.04. The lowest BCUT2D eigenvalue weighted by atomic mass is 10.1. The lowest BCUT2D eigenvalue weighted by Gasteiger charge is -2.14. The second-order valence-corrected chi connectivity index (χ2v) is 6.94.